The molecule has 0 atom stereocenters. The fraction of sp³-hybridized carbons (Fsp3) is 0.200. The van der Waals surface area contributed by atoms with Crippen LogP contribution in [0.5, 0.6) is 0 Å². The van der Waals surface area contributed by atoms with Crippen LogP contribution >= 0.6 is 0 Å². The minimum Gasteiger partial charge on any atom is -0.465 e. The van der Waals surface area contributed by atoms with Crippen LogP contribution in [0.15, 0.2) is 12.1 Å². The van der Waals surface area contributed by atoms with Crippen molar-refractivity contribution in [2.24, 2.45) is 0 Å². The first-order valence-electron chi connectivity index (χ1n) is 4.45. The third-order valence-corrected chi connectivity index (χ3v) is 2.12. The number of aliphatic hydroxyl groups excluding tert-OH is 1. The number of carbonyl (C=O) groups excluding carboxylic acids is 1. The first kappa shape index (κ1) is 12.6. The number of nitro benzene ring substituents is 1. The van der Waals surface area contributed by atoms with Crippen molar-refractivity contribution in [3.8, 4) is 6.07 Å². The lowest BCUT2D eigenvalue weighted by atomic mass is 10.0. The van der Waals surface area contributed by atoms with Crippen LogP contribution in [0.4, 0.5) is 5.69 Å². The lowest BCUT2D eigenvalue weighted by molar-refractivity contribution is -0.385. The van der Waals surface area contributed by atoms with Gasteiger partial charge in [0.05, 0.1) is 41.4 Å². The predicted molar refractivity (Wildman–Crippen MR) is 55.1 cm³/mol. The van der Waals surface area contributed by atoms with E-state index in [1.807, 2.05) is 0 Å². The van der Waals surface area contributed by atoms with Gasteiger partial charge in [-0.25, -0.2) is 4.79 Å². The number of benzene rings is 1. The smallest absolute Gasteiger partial charge is 0.338 e. The van der Waals surface area contributed by atoms with E-state index in [-0.39, 0.29) is 16.7 Å². The summed E-state index contributed by atoms with van der Waals surface area (Å²) in [5.74, 6) is -0.839. The van der Waals surface area contributed by atoms with Crippen LogP contribution in [0, 0.1) is 21.4 Å². The molecule has 1 N–H and O–H groups in total. The van der Waals surface area contributed by atoms with E-state index in [1.54, 1.807) is 6.07 Å². The molecular formula is C10H8N2O5. The molecule has 0 amide bonds. The number of methoxy groups -OCH3 is 1. The average molecular weight is 236 g/mol. The highest BCUT2D eigenvalue weighted by Crippen LogP contribution is 2.25. The molecule has 0 aliphatic heterocycles. The summed E-state index contributed by atoms with van der Waals surface area (Å²) in [5, 5.41) is 28.5. The van der Waals surface area contributed by atoms with E-state index in [0.717, 1.165) is 19.2 Å². The molecule has 0 aliphatic carbocycles. The fourth-order valence-corrected chi connectivity index (χ4v) is 1.34. The SMILES string of the molecule is COC(=O)c1cc(C#N)cc([N+](=O)[O-])c1CO. The second-order valence-electron chi connectivity index (χ2n) is 3.04. The molecule has 0 bridgehead atoms. The van der Waals surface area contributed by atoms with Gasteiger partial charge in [0.15, 0.2) is 0 Å². The van der Waals surface area contributed by atoms with Crippen molar-refractivity contribution < 1.29 is 19.6 Å². The summed E-state index contributed by atoms with van der Waals surface area (Å²) < 4.78 is 4.43. The summed E-state index contributed by atoms with van der Waals surface area (Å²) in [5.41, 5.74) is -0.872. The minimum atomic E-state index is -0.839. The number of nitro groups is 1. The van der Waals surface area contributed by atoms with Crippen LogP contribution in [-0.2, 0) is 11.3 Å². The Morgan fingerprint density at radius 1 is 1.65 bits per heavy atom. The number of rotatable bonds is 3. The average Bonchev–Trinajstić information content (AvgIpc) is 2.35. The van der Waals surface area contributed by atoms with Crippen molar-refractivity contribution >= 4 is 11.7 Å². The van der Waals surface area contributed by atoms with E-state index in [4.69, 9.17) is 10.4 Å². The molecule has 0 fully saturated rings. The van der Waals surface area contributed by atoms with E-state index in [0.29, 0.717) is 0 Å². The van der Waals surface area contributed by atoms with Crippen molar-refractivity contribution in [2.75, 3.05) is 7.11 Å². The quantitative estimate of drug-likeness (QED) is 0.470. The van der Waals surface area contributed by atoms with Gasteiger partial charge in [0, 0.05) is 6.07 Å². The Morgan fingerprint density at radius 3 is 2.71 bits per heavy atom. The normalized spacial score (nSPS) is 9.47. The Labute approximate surface area is 96.0 Å². The van der Waals surface area contributed by atoms with Gasteiger partial charge in [0.2, 0.25) is 0 Å². The Hall–Kier alpha value is -2.46. The number of hydrogen-bond acceptors (Lipinski definition) is 6. The van der Waals surface area contributed by atoms with E-state index >= 15 is 0 Å². The summed E-state index contributed by atoms with van der Waals surface area (Å²) in [6.45, 7) is -0.688. The van der Waals surface area contributed by atoms with Crippen LogP contribution in [0.1, 0.15) is 21.5 Å². The molecule has 1 aromatic carbocycles. The highest BCUT2D eigenvalue weighted by atomic mass is 16.6. The van der Waals surface area contributed by atoms with Crippen molar-refractivity contribution in [2.45, 2.75) is 6.61 Å². The molecule has 88 valence electrons. The Morgan fingerprint density at radius 2 is 2.29 bits per heavy atom. The monoisotopic (exact) mass is 236 g/mol. The number of aliphatic hydroxyl groups is 1. The number of esters is 1. The second-order valence-corrected chi connectivity index (χ2v) is 3.04. The van der Waals surface area contributed by atoms with Gasteiger partial charge in [-0.3, -0.25) is 10.1 Å². The maximum absolute atomic E-state index is 11.4. The van der Waals surface area contributed by atoms with Crippen LogP contribution in [-0.4, -0.2) is 23.1 Å². The zero-order chi connectivity index (χ0) is 13.0. The fourth-order valence-electron chi connectivity index (χ4n) is 1.34. The largest absolute Gasteiger partial charge is 0.465 e. The molecule has 0 aromatic heterocycles. The lowest BCUT2D eigenvalue weighted by Gasteiger charge is -2.06. The zero-order valence-electron chi connectivity index (χ0n) is 8.84. The van der Waals surface area contributed by atoms with E-state index < -0.39 is 23.2 Å². The number of hydrogen-bond donors (Lipinski definition) is 1. The van der Waals surface area contributed by atoms with Gasteiger partial charge in [0.1, 0.15) is 0 Å². The van der Waals surface area contributed by atoms with Gasteiger partial charge in [0.25, 0.3) is 5.69 Å². The van der Waals surface area contributed by atoms with Crippen molar-refractivity contribution in [1.29, 1.82) is 5.26 Å². The molecule has 0 radical (unpaired) electrons. The van der Waals surface area contributed by atoms with Crippen LogP contribution < -0.4 is 0 Å². The predicted octanol–water partition coefficient (Wildman–Crippen LogP) is 0.745. The third-order valence-electron chi connectivity index (χ3n) is 2.12. The van der Waals surface area contributed by atoms with Crippen molar-refractivity contribution in [3.05, 3.63) is 38.9 Å². The van der Waals surface area contributed by atoms with Crippen LogP contribution in [0.2, 0.25) is 0 Å². The van der Waals surface area contributed by atoms with Crippen LogP contribution in [0.25, 0.3) is 0 Å². The number of carbonyl (C=O) groups is 1. The maximum atomic E-state index is 11.4. The standard InChI is InChI=1S/C10H8N2O5/c1-17-10(14)7-2-6(4-11)3-9(12(15)16)8(7)5-13/h2-3,13H,5H2,1H3. The third kappa shape index (κ3) is 2.38. The molecular weight excluding hydrogens is 228 g/mol. The van der Waals surface area contributed by atoms with E-state index in [2.05, 4.69) is 4.74 Å². The molecule has 7 nitrogen and oxygen atoms in total. The van der Waals surface area contributed by atoms with E-state index in [1.165, 1.54) is 0 Å². The van der Waals surface area contributed by atoms with Gasteiger partial charge in [-0.05, 0) is 6.07 Å². The summed E-state index contributed by atoms with van der Waals surface area (Å²) in [6, 6.07) is 3.84. The molecule has 1 aromatic rings. The number of nitrogens with zero attached hydrogens (tertiary/aromatic N) is 2. The highest BCUT2D eigenvalue weighted by Gasteiger charge is 2.23. The Bertz CT molecular complexity index is 518. The number of nitriles is 1. The second kappa shape index (κ2) is 5.05. The van der Waals surface area contributed by atoms with Crippen molar-refractivity contribution in [1.82, 2.24) is 0 Å². The van der Waals surface area contributed by atoms with Gasteiger partial charge < -0.3 is 9.84 Å². The Balaban J connectivity index is 3.57. The lowest BCUT2D eigenvalue weighted by Crippen LogP contribution is -2.09. The maximum Gasteiger partial charge on any atom is 0.338 e. The molecule has 17 heavy (non-hydrogen) atoms. The summed E-state index contributed by atoms with van der Waals surface area (Å²) in [7, 11) is 1.11. The van der Waals surface area contributed by atoms with Gasteiger partial charge in [-0.2, -0.15) is 5.26 Å². The molecule has 0 aliphatic rings. The molecule has 0 saturated carbocycles. The van der Waals surface area contributed by atoms with E-state index in [9.17, 15) is 14.9 Å². The van der Waals surface area contributed by atoms with Gasteiger partial charge in [-0.15, -0.1) is 0 Å². The Kier molecular flexibility index (Phi) is 3.74. The summed E-state index contributed by atoms with van der Waals surface area (Å²) in [6.07, 6.45) is 0. The first-order chi connectivity index (χ1) is 8.04. The van der Waals surface area contributed by atoms with Crippen molar-refractivity contribution in [3.63, 3.8) is 0 Å². The highest BCUT2D eigenvalue weighted by molar-refractivity contribution is 5.92. The van der Waals surface area contributed by atoms with Gasteiger partial charge in [-0.1, -0.05) is 0 Å². The molecule has 0 spiro atoms. The molecule has 0 heterocycles. The first-order valence-corrected chi connectivity index (χ1v) is 4.45. The zero-order valence-corrected chi connectivity index (χ0v) is 8.84. The number of ether oxygens (including phenoxy) is 1. The minimum absolute atomic E-state index is 0.0469. The molecule has 0 saturated heterocycles. The molecule has 1 rings (SSSR count). The topological polar surface area (TPSA) is 113 Å². The summed E-state index contributed by atoms with van der Waals surface area (Å²) in [4.78, 5) is 21.4. The van der Waals surface area contributed by atoms with Crippen LogP contribution in [0.3, 0.4) is 0 Å². The van der Waals surface area contributed by atoms with Gasteiger partial charge >= 0.3 is 5.97 Å². The molecule has 0 unspecified atom stereocenters. The molecule has 7 heteroatoms. The summed E-state index contributed by atoms with van der Waals surface area (Å²) >= 11 is 0.